The van der Waals surface area contributed by atoms with E-state index in [1.165, 1.54) is 6.07 Å². The summed E-state index contributed by atoms with van der Waals surface area (Å²) in [7, 11) is -3.84. The Bertz CT molecular complexity index is 1160. The number of carbonyl (C=O) groups is 1. The Morgan fingerprint density at radius 3 is 2.33 bits per heavy atom. The molecule has 3 N–H and O–H groups in total. The molecule has 0 saturated carbocycles. The molecule has 0 atom stereocenters. The van der Waals surface area contributed by atoms with Gasteiger partial charge in [0.05, 0.1) is 4.90 Å². The van der Waals surface area contributed by atoms with E-state index in [1.807, 2.05) is 31.2 Å². The molecule has 3 rings (SSSR count). The Labute approximate surface area is 181 Å². The zero-order chi connectivity index (χ0) is 21.7. The van der Waals surface area contributed by atoms with Gasteiger partial charge in [-0.05, 0) is 61.4 Å². The number of carbonyl (C=O) groups excluding carboxylic acids is 1. The summed E-state index contributed by atoms with van der Waals surface area (Å²) in [6.07, 6.45) is 0. The summed E-state index contributed by atoms with van der Waals surface area (Å²) in [5, 5.41) is 5.95. The largest absolute Gasteiger partial charge is 0.334 e. The number of aryl methyl sites for hydroxylation is 2. The van der Waals surface area contributed by atoms with Crippen LogP contribution in [0.5, 0.6) is 0 Å². The normalized spacial score (nSPS) is 11.0. The fraction of sp³-hybridized carbons (Fsp3) is 0.136. The van der Waals surface area contributed by atoms with Crippen LogP contribution in [0.1, 0.15) is 16.7 Å². The Morgan fingerprint density at radius 2 is 1.63 bits per heavy atom. The molecule has 0 aliphatic heterocycles. The van der Waals surface area contributed by atoms with Crippen molar-refractivity contribution in [2.24, 2.45) is 0 Å². The number of benzene rings is 3. The number of amides is 2. The zero-order valence-electron chi connectivity index (χ0n) is 16.6. The molecule has 156 valence electrons. The first-order valence-corrected chi connectivity index (χ1v) is 11.1. The van der Waals surface area contributed by atoms with E-state index < -0.39 is 16.1 Å². The molecule has 0 aliphatic carbocycles. The number of sulfonamides is 1. The van der Waals surface area contributed by atoms with Crippen molar-refractivity contribution in [1.29, 1.82) is 0 Å². The molecule has 0 saturated heterocycles. The van der Waals surface area contributed by atoms with Crippen LogP contribution < -0.4 is 15.4 Å². The van der Waals surface area contributed by atoms with Gasteiger partial charge in [0.15, 0.2) is 0 Å². The van der Waals surface area contributed by atoms with E-state index in [2.05, 4.69) is 15.4 Å². The van der Waals surface area contributed by atoms with Gasteiger partial charge < -0.3 is 10.6 Å². The lowest BCUT2D eigenvalue weighted by Gasteiger charge is -2.13. The minimum Gasteiger partial charge on any atom is -0.334 e. The summed E-state index contributed by atoms with van der Waals surface area (Å²) in [5.74, 6) is 0. The fourth-order valence-corrected chi connectivity index (χ4v) is 4.33. The van der Waals surface area contributed by atoms with Crippen molar-refractivity contribution in [1.82, 2.24) is 5.32 Å². The van der Waals surface area contributed by atoms with Gasteiger partial charge in [-0.25, -0.2) is 13.2 Å². The molecule has 0 unspecified atom stereocenters. The van der Waals surface area contributed by atoms with E-state index in [0.29, 0.717) is 28.5 Å². The number of rotatable bonds is 6. The van der Waals surface area contributed by atoms with Gasteiger partial charge in [-0.15, -0.1) is 0 Å². The summed E-state index contributed by atoms with van der Waals surface area (Å²) in [6, 6.07) is 18.5. The molecule has 6 nitrogen and oxygen atoms in total. The van der Waals surface area contributed by atoms with Crippen LogP contribution in [0.3, 0.4) is 0 Å². The summed E-state index contributed by atoms with van der Waals surface area (Å²) >= 11 is 5.84. The van der Waals surface area contributed by atoms with E-state index in [4.69, 9.17) is 11.6 Å². The van der Waals surface area contributed by atoms with Gasteiger partial charge in [-0.1, -0.05) is 47.5 Å². The number of urea groups is 1. The highest BCUT2D eigenvalue weighted by atomic mass is 35.5. The fourth-order valence-electron chi connectivity index (χ4n) is 2.88. The van der Waals surface area contributed by atoms with Crippen molar-refractivity contribution in [2.75, 3.05) is 10.0 Å². The van der Waals surface area contributed by atoms with Crippen molar-refractivity contribution < 1.29 is 13.2 Å². The second-order valence-electron chi connectivity index (χ2n) is 6.89. The van der Waals surface area contributed by atoms with E-state index >= 15 is 0 Å². The lowest BCUT2D eigenvalue weighted by molar-refractivity contribution is 0.251. The monoisotopic (exact) mass is 443 g/mol. The zero-order valence-corrected chi connectivity index (χ0v) is 18.1. The van der Waals surface area contributed by atoms with Gasteiger partial charge in [0, 0.05) is 22.9 Å². The first-order chi connectivity index (χ1) is 14.2. The van der Waals surface area contributed by atoms with E-state index in [1.54, 1.807) is 43.3 Å². The topological polar surface area (TPSA) is 87.3 Å². The third-order valence-electron chi connectivity index (χ3n) is 4.37. The van der Waals surface area contributed by atoms with Crippen molar-refractivity contribution >= 4 is 39.0 Å². The number of hydrogen-bond donors (Lipinski definition) is 3. The van der Waals surface area contributed by atoms with Crippen LogP contribution >= 0.6 is 11.6 Å². The van der Waals surface area contributed by atoms with Crippen molar-refractivity contribution in [3.05, 3.63) is 88.4 Å². The van der Waals surface area contributed by atoms with Gasteiger partial charge in [0.25, 0.3) is 10.0 Å². The third kappa shape index (κ3) is 5.75. The average Bonchev–Trinajstić information content (AvgIpc) is 2.69. The molecular weight excluding hydrogens is 422 g/mol. The minimum atomic E-state index is -3.84. The molecule has 3 aromatic carbocycles. The predicted molar refractivity (Wildman–Crippen MR) is 120 cm³/mol. The summed E-state index contributed by atoms with van der Waals surface area (Å²) < 4.78 is 28.2. The molecule has 0 radical (unpaired) electrons. The molecule has 2 amide bonds. The second-order valence-corrected chi connectivity index (χ2v) is 8.98. The highest BCUT2D eigenvalue weighted by Crippen LogP contribution is 2.23. The van der Waals surface area contributed by atoms with Crippen LogP contribution in [0.15, 0.2) is 71.6 Å². The molecule has 0 aliphatic rings. The Kier molecular flexibility index (Phi) is 6.64. The number of hydrogen-bond acceptors (Lipinski definition) is 3. The highest BCUT2D eigenvalue weighted by Gasteiger charge is 2.18. The SMILES string of the molecule is Cc1cccc(CNC(=O)Nc2ccc(C)c(S(=O)(=O)Nc3ccc(Cl)cc3)c2)c1. The highest BCUT2D eigenvalue weighted by molar-refractivity contribution is 7.92. The standard InChI is InChI=1S/C22H22ClN3O3S/c1-15-4-3-5-17(12-15)14-24-22(27)25-20-9-6-16(2)21(13-20)30(28,29)26-19-10-7-18(23)8-11-19/h3-13,26H,14H2,1-2H3,(H2,24,25,27). The van der Waals surface area contributed by atoms with Gasteiger partial charge >= 0.3 is 6.03 Å². The quantitative estimate of drug-likeness (QED) is 0.496. The maximum absolute atomic E-state index is 12.8. The summed E-state index contributed by atoms with van der Waals surface area (Å²) in [5.41, 5.74) is 3.41. The van der Waals surface area contributed by atoms with Crippen LogP contribution in [0, 0.1) is 13.8 Å². The summed E-state index contributed by atoms with van der Waals surface area (Å²) in [4.78, 5) is 12.3. The molecule has 3 aromatic rings. The van der Waals surface area contributed by atoms with Crippen LogP contribution in [0.2, 0.25) is 5.02 Å². The lowest BCUT2D eigenvalue weighted by atomic mass is 10.1. The molecule has 0 heterocycles. The molecule has 0 aromatic heterocycles. The van der Waals surface area contributed by atoms with Gasteiger partial charge in [-0.3, -0.25) is 4.72 Å². The van der Waals surface area contributed by atoms with Crippen LogP contribution in [-0.4, -0.2) is 14.4 Å². The van der Waals surface area contributed by atoms with E-state index in [9.17, 15) is 13.2 Å². The van der Waals surface area contributed by atoms with E-state index in [-0.39, 0.29) is 4.90 Å². The van der Waals surface area contributed by atoms with Gasteiger partial charge in [0.2, 0.25) is 0 Å². The molecule has 0 fully saturated rings. The van der Waals surface area contributed by atoms with Crippen LogP contribution in [-0.2, 0) is 16.6 Å². The van der Waals surface area contributed by atoms with Crippen molar-refractivity contribution in [3.63, 3.8) is 0 Å². The first kappa shape index (κ1) is 21.7. The molecule has 0 bridgehead atoms. The van der Waals surface area contributed by atoms with Crippen molar-refractivity contribution in [2.45, 2.75) is 25.3 Å². The Hall–Kier alpha value is -3.03. The minimum absolute atomic E-state index is 0.0777. The van der Waals surface area contributed by atoms with Crippen molar-refractivity contribution in [3.8, 4) is 0 Å². The average molecular weight is 444 g/mol. The van der Waals surface area contributed by atoms with Gasteiger partial charge in [-0.2, -0.15) is 0 Å². The van der Waals surface area contributed by atoms with Crippen LogP contribution in [0.25, 0.3) is 0 Å². The Morgan fingerprint density at radius 1 is 0.933 bits per heavy atom. The number of halogens is 1. The maximum atomic E-state index is 12.8. The summed E-state index contributed by atoms with van der Waals surface area (Å²) in [6.45, 7) is 4.04. The van der Waals surface area contributed by atoms with Crippen LogP contribution in [0.4, 0.5) is 16.2 Å². The van der Waals surface area contributed by atoms with E-state index in [0.717, 1.165) is 11.1 Å². The maximum Gasteiger partial charge on any atom is 0.319 e. The van der Waals surface area contributed by atoms with Gasteiger partial charge in [0.1, 0.15) is 0 Å². The second kappa shape index (κ2) is 9.19. The molecular formula is C22H22ClN3O3S. The first-order valence-electron chi connectivity index (χ1n) is 9.22. The number of nitrogens with one attached hydrogen (secondary N) is 3. The lowest BCUT2D eigenvalue weighted by Crippen LogP contribution is -2.28. The molecule has 0 spiro atoms. The predicted octanol–water partition coefficient (Wildman–Crippen LogP) is 5.08. The smallest absolute Gasteiger partial charge is 0.319 e. The number of anilines is 2. The third-order valence-corrected chi connectivity index (χ3v) is 6.14. The molecule has 8 heteroatoms. The Balaban J connectivity index is 1.70. The molecule has 30 heavy (non-hydrogen) atoms.